The van der Waals surface area contributed by atoms with Crippen molar-refractivity contribution in [3.63, 3.8) is 0 Å². The number of rotatable bonds is 3. The molecule has 1 heterocycles. The van der Waals surface area contributed by atoms with Crippen LogP contribution >= 0.6 is 15.9 Å². The van der Waals surface area contributed by atoms with Crippen molar-refractivity contribution in [1.29, 1.82) is 0 Å². The van der Waals surface area contributed by atoms with Crippen LogP contribution in [0.4, 0.5) is 0 Å². The number of hydrogen-bond acceptors (Lipinski definition) is 2. The molecule has 1 aliphatic rings. The standard InChI is InChI=1S/C15H18BrNO/c16-14-8-2-3-9-15(14)18-13-7-6-12-17-10-4-1-5-11-17/h2-3,8-9H,1,4-5,10-13H2. The molecule has 0 spiro atoms. The Hall–Kier alpha value is -0.980. The van der Waals surface area contributed by atoms with Gasteiger partial charge < -0.3 is 4.74 Å². The van der Waals surface area contributed by atoms with Crippen LogP contribution in [-0.4, -0.2) is 31.1 Å². The number of likely N-dealkylation sites (tertiary alicyclic amines) is 1. The lowest BCUT2D eigenvalue weighted by Gasteiger charge is -2.23. The molecule has 1 aromatic carbocycles. The molecule has 1 saturated heterocycles. The maximum atomic E-state index is 5.59. The van der Waals surface area contributed by atoms with Gasteiger partial charge in [0.15, 0.2) is 0 Å². The number of hydrogen-bond donors (Lipinski definition) is 0. The summed E-state index contributed by atoms with van der Waals surface area (Å²) in [5, 5.41) is 0. The highest BCUT2D eigenvalue weighted by atomic mass is 79.9. The van der Waals surface area contributed by atoms with Crippen molar-refractivity contribution in [2.75, 3.05) is 26.2 Å². The summed E-state index contributed by atoms with van der Waals surface area (Å²) in [6.45, 7) is 3.72. The maximum Gasteiger partial charge on any atom is 0.149 e. The summed E-state index contributed by atoms with van der Waals surface area (Å²) >= 11 is 3.45. The van der Waals surface area contributed by atoms with Crippen LogP contribution < -0.4 is 4.74 Å². The minimum absolute atomic E-state index is 0.455. The van der Waals surface area contributed by atoms with E-state index >= 15 is 0 Å². The van der Waals surface area contributed by atoms with E-state index in [2.05, 4.69) is 32.7 Å². The summed E-state index contributed by atoms with van der Waals surface area (Å²) in [4.78, 5) is 2.41. The summed E-state index contributed by atoms with van der Waals surface area (Å²) in [5.41, 5.74) is 0. The average Bonchev–Trinajstić information content (AvgIpc) is 2.42. The molecule has 0 saturated carbocycles. The van der Waals surface area contributed by atoms with Crippen molar-refractivity contribution in [2.24, 2.45) is 0 Å². The van der Waals surface area contributed by atoms with Crippen LogP contribution in [0.15, 0.2) is 28.7 Å². The molecule has 0 unspecified atom stereocenters. The van der Waals surface area contributed by atoms with Gasteiger partial charge >= 0.3 is 0 Å². The van der Waals surface area contributed by atoms with Gasteiger partial charge in [-0.15, -0.1) is 0 Å². The highest BCUT2D eigenvalue weighted by Gasteiger charge is 2.07. The van der Waals surface area contributed by atoms with Gasteiger partial charge in [-0.1, -0.05) is 30.4 Å². The molecule has 2 nitrogen and oxygen atoms in total. The topological polar surface area (TPSA) is 12.5 Å². The van der Waals surface area contributed by atoms with Crippen LogP contribution in [0.3, 0.4) is 0 Å². The van der Waals surface area contributed by atoms with E-state index < -0.39 is 0 Å². The first-order chi connectivity index (χ1) is 8.86. The maximum absolute atomic E-state index is 5.59. The van der Waals surface area contributed by atoms with Gasteiger partial charge in [-0.25, -0.2) is 0 Å². The summed E-state index contributed by atoms with van der Waals surface area (Å²) in [6, 6.07) is 7.84. The Morgan fingerprint density at radius 3 is 2.67 bits per heavy atom. The quantitative estimate of drug-likeness (QED) is 0.794. The zero-order chi connectivity index (χ0) is 12.6. The smallest absolute Gasteiger partial charge is 0.149 e. The molecule has 0 bridgehead atoms. The van der Waals surface area contributed by atoms with E-state index in [0.29, 0.717) is 6.61 Å². The third kappa shape index (κ3) is 4.36. The fourth-order valence-electron chi connectivity index (χ4n) is 2.01. The van der Waals surface area contributed by atoms with Crippen LogP contribution in [0.5, 0.6) is 5.75 Å². The summed E-state index contributed by atoms with van der Waals surface area (Å²) < 4.78 is 6.56. The summed E-state index contributed by atoms with van der Waals surface area (Å²) in [5.74, 6) is 7.11. The van der Waals surface area contributed by atoms with Crippen molar-refractivity contribution in [3.8, 4) is 17.6 Å². The van der Waals surface area contributed by atoms with E-state index in [4.69, 9.17) is 4.74 Å². The van der Waals surface area contributed by atoms with Gasteiger partial charge in [-0.2, -0.15) is 0 Å². The van der Waals surface area contributed by atoms with E-state index in [1.807, 2.05) is 24.3 Å². The molecule has 0 N–H and O–H groups in total. The molecule has 0 aromatic heterocycles. The highest BCUT2D eigenvalue weighted by Crippen LogP contribution is 2.23. The second kappa shape index (κ2) is 7.45. The fraction of sp³-hybridized carbons (Fsp3) is 0.467. The molecule has 1 fully saturated rings. The van der Waals surface area contributed by atoms with E-state index in [1.54, 1.807) is 0 Å². The monoisotopic (exact) mass is 307 g/mol. The van der Waals surface area contributed by atoms with Crippen LogP contribution in [-0.2, 0) is 0 Å². The van der Waals surface area contributed by atoms with Crippen molar-refractivity contribution in [2.45, 2.75) is 19.3 Å². The minimum atomic E-state index is 0.455. The third-order valence-corrected chi connectivity index (χ3v) is 3.67. The van der Waals surface area contributed by atoms with Gasteiger partial charge in [0.2, 0.25) is 0 Å². The molecule has 0 aliphatic carbocycles. The van der Waals surface area contributed by atoms with Gasteiger partial charge in [-0.05, 0) is 54.0 Å². The molecule has 96 valence electrons. The number of halogens is 1. The predicted octanol–water partition coefficient (Wildman–Crippen LogP) is 3.32. The first-order valence-electron chi connectivity index (χ1n) is 6.41. The Kier molecular flexibility index (Phi) is 5.57. The Bertz CT molecular complexity index is 430. The second-order valence-electron chi connectivity index (χ2n) is 4.41. The lowest BCUT2D eigenvalue weighted by atomic mass is 10.1. The molecule has 2 rings (SSSR count). The van der Waals surface area contributed by atoms with Crippen LogP contribution in [0.25, 0.3) is 0 Å². The lowest BCUT2D eigenvalue weighted by Crippen LogP contribution is -2.29. The van der Waals surface area contributed by atoms with Gasteiger partial charge in [0.25, 0.3) is 0 Å². The Morgan fingerprint density at radius 2 is 1.89 bits per heavy atom. The Labute approximate surface area is 117 Å². The summed E-state index contributed by atoms with van der Waals surface area (Å²) in [7, 11) is 0. The van der Waals surface area contributed by atoms with Crippen molar-refractivity contribution in [1.82, 2.24) is 4.90 Å². The van der Waals surface area contributed by atoms with E-state index in [9.17, 15) is 0 Å². The molecule has 0 radical (unpaired) electrons. The van der Waals surface area contributed by atoms with Crippen molar-refractivity contribution >= 4 is 15.9 Å². The van der Waals surface area contributed by atoms with Gasteiger partial charge in [-0.3, -0.25) is 4.90 Å². The first kappa shape index (κ1) is 13.5. The second-order valence-corrected chi connectivity index (χ2v) is 5.26. The van der Waals surface area contributed by atoms with Gasteiger partial charge in [0.05, 0.1) is 11.0 Å². The molecule has 18 heavy (non-hydrogen) atoms. The van der Waals surface area contributed by atoms with E-state index in [1.165, 1.54) is 32.4 Å². The molecule has 3 heteroatoms. The van der Waals surface area contributed by atoms with Gasteiger partial charge in [0.1, 0.15) is 12.4 Å². The largest absolute Gasteiger partial charge is 0.480 e. The Balaban J connectivity index is 1.70. The molecular formula is C15H18BrNO. The molecule has 0 amide bonds. The molecule has 1 aliphatic heterocycles. The molecule has 1 aromatic rings. The summed E-state index contributed by atoms with van der Waals surface area (Å²) in [6.07, 6.45) is 4.00. The van der Waals surface area contributed by atoms with Crippen molar-refractivity contribution in [3.05, 3.63) is 28.7 Å². The van der Waals surface area contributed by atoms with Gasteiger partial charge in [0, 0.05) is 0 Å². The lowest BCUT2D eigenvalue weighted by molar-refractivity contribution is 0.255. The Morgan fingerprint density at radius 1 is 1.11 bits per heavy atom. The fourth-order valence-corrected chi connectivity index (χ4v) is 2.41. The van der Waals surface area contributed by atoms with Crippen LogP contribution in [0.2, 0.25) is 0 Å². The zero-order valence-electron chi connectivity index (χ0n) is 10.5. The highest BCUT2D eigenvalue weighted by molar-refractivity contribution is 9.10. The molecule has 0 atom stereocenters. The van der Waals surface area contributed by atoms with E-state index in [-0.39, 0.29) is 0 Å². The first-order valence-corrected chi connectivity index (χ1v) is 7.21. The van der Waals surface area contributed by atoms with Crippen LogP contribution in [0.1, 0.15) is 19.3 Å². The normalized spacial score (nSPS) is 15.8. The zero-order valence-corrected chi connectivity index (χ0v) is 12.1. The number of piperidine rings is 1. The number of ether oxygens (including phenoxy) is 1. The number of para-hydroxylation sites is 1. The predicted molar refractivity (Wildman–Crippen MR) is 77.7 cm³/mol. The van der Waals surface area contributed by atoms with Crippen LogP contribution in [0, 0.1) is 11.8 Å². The number of benzene rings is 1. The van der Waals surface area contributed by atoms with Crippen molar-refractivity contribution < 1.29 is 4.74 Å². The SMILES string of the molecule is Brc1ccccc1OCC#CCN1CCCCC1. The molecular weight excluding hydrogens is 290 g/mol. The number of nitrogens with zero attached hydrogens (tertiary/aromatic N) is 1. The third-order valence-electron chi connectivity index (χ3n) is 3.01. The van der Waals surface area contributed by atoms with E-state index in [0.717, 1.165) is 16.8 Å². The average molecular weight is 308 g/mol. The minimum Gasteiger partial charge on any atom is -0.480 e.